The van der Waals surface area contributed by atoms with E-state index in [-0.39, 0.29) is 41.0 Å². The molecule has 3 aliphatic heterocycles. The van der Waals surface area contributed by atoms with Crippen LogP contribution in [-0.4, -0.2) is 96.1 Å². The number of carbonyl (C=O) groups excluding carboxylic acids is 1. The molecule has 1 amide bonds. The van der Waals surface area contributed by atoms with Crippen LogP contribution in [0.1, 0.15) is 71.8 Å². The molecule has 0 spiro atoms. The number of aromatic nitrogens is 2. The summed E-state index contributed by atoms with van der Waals surface area (Å²) >= 11 is 3.50. The Morgan fingerprint density at radius 3 is 2.43 bits per heavy atom. The minimum absolute atomic E-state index is 0.00102. The fourth-order valence-electron chi connectivity index (χ4n) is 6.58. The van der Waals surface area contributed by atoms with Crippen LogP contribution in [0.5, 0.6) is 6.01 Å². The highest BCUT2D eigenvalue weighted by molar-refractivity contribution is 9.10. The molecule has 1 aromatic carbocycles. The van der Waals surface area contributed by atoms with Gasteiger partial charge >= 0.3 is 12.1 Å². The van der Waals surface area contributed by atoms with Gasteiger partial charge in [0.1, 0.15) is 16.9 Å². The third kappa shape index (κ3) is 6.06. The van der Waals surface area contributed by atoms with Crippen molar-refractivity contribution in [1.29, 1.82) is 0 Å². The summed E-state index contributed by atoms with van der Waals surface area (Å²) in [6.45, 7) is 15.8. The quantitative estimate of drug-likeness (QED) is 0.377. The monoisotopic (exact) mass is 647 g/mol. The molecule has 42 heavy (non-hydrogen) atoms. The number of carbonyl (C=O) groups is 1. The maximum Gasteiger partial charge on any atom is 0.410 e. The first-order valence-corrected chi connectivity index (χ1v) is 16.1. The highest BCUT2D eigenvalue weighted by atomic mass is 79.9. The Labute approximate surface area is 256 Å². The Morgan fingerprint density at radius 1 is 1.17 bits per heavy atom. The fraction of sp³-hybridized carbons (Fsp3) is 0.710. The molecular formula is C31H43BrFN5O4. The van der Waals surface area contributed by atoms with E-state index < -0.39 is 11.4 Å². The Bertz CT molecular complexity index is 1330. The number of benzene rings is 1. The number of anilines is 1. The standard InChI is InChI=1S/C31H43BrFN5O4/c1-19(2)22-14-23-26(25(33)24(22)32)34-28(41-18-31(8-9-31)17-36-10-12-40-13-11-36)35-27(23)37-15-20-6-7-21(16-37)38(20)29(39)42-30(3,4)5/h14,19-21H,6-13,15-18H2,1-5H3. The largest absolute Gasteiger partial charge is 0.463 e. The van der Waals surface area contributed by atoms with Crippen molar-refractivity contribution in [2.24, 2.45) is 5.41 Å². The lowest BCUT2D eigenvalue weighted by molar-refractivity contribution is 0.0123. The number of hydrogen-bond donors (Lipinski definition) is 0. The Kier molecular flexibility index (Phi) is 8.06. The maximum absolute atomic E-state index is 15.9. The van der Waals surface area contributed by atoms with E-state index in [0.717, 1.165) is 64.1 Å². The number of fused-ring (bicyclic) bond motifs is 3. The van der Waals surface area contributed by atoms with Crippen LogP contribution in [0.2, 0.25) is 0 Å². The van der Waals surface area contributed by atoms with E-state index in [1.807, 2.05) is 45.6 Å². The van der Waals surface area contributed by atoms with Gasteiger partial charge in [0, 0.05) is 43.5 Å². The third-order valence-electron chi connectivity index (χ3n) is 8.99. The molecule has 1 aromatic heterocycles. The Morgan fingerprint density at radius 2 is 1.83 bits per heavy atom. The molecule has 2 aromatic rings. The second-order valence-corrected chi connectivity index (χ2v) is 14.6. The van der Waals surface area contributed by atoms with Gasteiger partial charge in [-0.2, -0.15) is 9.97 Å². The SMILES string of the molecule is CC(C)c1cc2c(N3CC4CCC(C3)N4C(=O)OC(C)(C)C)nc(OCC3(CN4CCOCC4)CC3)nc2c(F)c1Br. The topological polar surface area (TPSA) is 80.3 Å². The first kappa shape index (κ1) is 29.8. The number of amides is 1. The summed E-state index contributed by atoms with van der Waals surface area (Å²) in [6, 6.07) is 2.22. The smallest absolute Gasteiger partial charge is 0.410 e. The van der Waals surface area contributed by atoms with Crippen LogP contribution in [-0.2, 0) is 9.47 Å². The summed E-state index contributed by atoms with van der Waals surface area (Å²) < 4.78 is 33.9. The average Bonchev–Trinajstić information content (AvgIpc) is 3.64. The molecule has 0 radical (unpaired) electrons. The molecule has 4 fully saturated rings. The zero-order valence-corrected chi connectivity index (χ0v) is 27.0. The summed E-state index contributed by atoms with van der Waals surface area (Å²) in [5.41, 5.74) is 0.651. The highest BCUT2D eigenvalue weighted by Gasteiger charge is 2.46. The van der Waals surface area contributed by atoms with Crippen LogP contribution < -0.4 is 9.64 Å². The Balaban J connectivity index is 1.30. The van der Waals surface area contributed by atoms with E-state index in [2.05, 4.69) is 30.7 Å². The number of morpholine rings is 1. The number of nitrogens with zero attached hydrogens (tertiary/aromatic N) is 5. The van der Waals surface area contributed by atoms with Crippen LogP contribution >= 0.6 is 15.9 Å². The highest BCUT2D eigenvalue weighted by Crippen LogP contribution is 2.47. The molecular weight excluding hydrogens is 605 g/mol. The summed E-state index contributed by atoms with van der Waals surface area (Å²) in [6.07, 6.45) is 3.72. The summed E-state index contributed by atoms with van der Waals surface area (Å²) in [5.74, 6) is 0.383. The predicted molar refractivity (Wildman–Crippen MR) is 163 cm³/mol. The predicted octanol–water partition coefficient (Wildman–Crippen LogP) is 5.73. The van der Waals surface area contributed by atoms with Crippen LogP contribution in [0, 0.1) is 11.2 Å². The number of hydrogen-bond acceptors (Lipinski definition) is 8. The van der Waals surface area contributed by atoms with Gasteiger partial charge in [0.25, 0.3) is 0 Å². The van der Waals surface area contributed by atoms with Crippen LogP contribution in [0.3, 0.4) is 0 Å². The second kappa shape index (κ2) is 11.4. The summed E-state index contributed by atoms with van der Waals surface area (Å²) in [5, 5.41) is 0.673. The van der Waals surface area contributed by atoms with E-state index in [1.54, 1.807) is 0 Å². The summed E-state index contributed by atoms with van der Waals surface area (Å²) in [7, 11) is 0. The molecule has 2 atom stereocenters. The molecule has 1 aliphatic carbocycles. The molecule has 3 saturated heterocycles. The molecule has 4 heterocycles. The molecule has 6 rings (SSSR count). The molecule has 2 bridgehead atoms. The normalized spacial score (nSPS) is 24.0. The fourth-order valence-corrected chi connectivity index (χ4v) is 7.34. The van der Waals surface area contributed by atoms with Crippen LogP contribution in [0.25, 0.3) is 10.9 Å². The van der Waals surface area contributed by atoms with E-state index >= 15 is 4.39 Å². The third-order valence-corrected chi connectivity index (χ3v) is 9.80. The number of rotatable bonds is 7. The number of piperazine rings is 1. The van der Waals surface area contributed by atoms with Crippen molar-refractivity contribution in [3.05, 3.63) is 21.9 Å². The molecule has 0 N–H and O–H groups in total. The average molecular weight is 649 g/mol. The number of ether oxygens (including phenoxy) is 3. The van der Waals surface area contributed by atoms with Crippen molar-refractivity contribution in [3.63, 3.8) is 0 Å². The zero-order valence-electron chi connectivity index (χ0n) is 25.4. The molecule has 11 heteroatoms. The maximum atomic E-state index is 15.9. The van der Waals surface area contributed by atoms with Gasteiger partial charge < -0.3 is 19.1 Å². The van der Waals surface area contributed by atoms with Gasteiger partial charge in [-0.05, 0) is 79.9 Å². The molecule has 230 valence electrons. The lowest BCUT2D eigenvalue weighted by Crippen LogP contribution is -2.57. The molecule has 4 aliphatic rings. The number of halogens is 2. The second-order valence-electron chi connectivity index (χ2n) is 13.8. The van der Waals surface area contributed by atoms with Gasteiger partial charge in [-0.25, -0.2) is 9.18 Å². The minimum Gasteiger partial charge on any atom is -0.463 e. The lowest BCUT2D eigenvalue weighted by atomic mass is 10.0. The van der Waals surface area contributed by atoms with E-state index in [0.29, 0.717) is 35.4 Å². The minimum atomic E-state index is -0.554. The van der Waals surface area contributed by atoms with Crippen molar-refractivity contribution in [3.8, 4) is 6.01 Å². The van der Waals surface area contributed by atoms with Crippen LogP contribution in [0.4, 0.5) is 15.0 Å². The van der Waals surface area contributed by atoms with Gasteiger partial charge in [-0.15, -0.1) is 0 Å². The zero-order chi connectivity index (χ0) is 29.8. The Hall–Kier alpha value is -2.24. The molecule has 1 saturated carbocycles. The molecule has 9 nitrogen and oxygen atoms in total. The van der Waals surface area contributed by atoms with Gasteiger partial charge in [0.15, 0.2) is 5.82 Å². The lowest BCUT2D eigenvalue weighted by Gasteiger charge is -2.42. The van der Waals surface area contributed by atoms with E-state index in [9.17, 15) is 4.79 Å². The van der Waals surface area contributed by atoms with Crippen molar-refractivity contribution < 1.29 is 23.4 Å². The van der Waals surface area contributed by atoms with Crippen molar-refractivity contribution in [1.82, 2.24) is 19.8 Å². The van der Waals surface area contributed by atoms with Gasteiger partial charge in [-0.3, -0.25) is 9.80 Å². The molecule has 2 unspecified atom stereocenters. The van der Waals surface area contributed by atoms with Gasteiger partial charge in [0.2, 0.25) is 0 Å². The van der Waals surface area contributed by atoms with Crippen LogP contribution in [0.15, 0.2) is 10.5 Å². The van der Waals surface area contributed by atoms with E-state index in [1.165, 1.54) is 0 Å². The van der Waals surface area contributed by atoms with Crippen molar-refractivity contribution >= 4 is 38.7 Å². The first-order chi connectivity index (χ1) is 19.9. The van der Waals surface area contributed by atoms with Gasteiger partial charge in [0.05, 0.1) is 36.4 Å². The van der Waals surface area contributed by atoms with E-state index in [4.69, 9.17) is 19.2 Å². The van der Waals surface area contributed by atoms with Crippen molar-refractivity contribution in [2.45, 2.75) is 83.9 Å². The first-order valence-electron chi connectivity index (χ1n) is 15.3. The summed E-state index contributed by atoms with van der Waals surface area (Å²) in [4.78, 5) is 29.2. The van der Waals surface area contributed by atoms with Crippen molar-refractivity contribution in [2.75, 3.05) is 57.4 Å². The van der Waals surface area contributed by atoms with Gasteiger partial charge in [-0.1, -0.05) is 13.8 Å².